The molecule has 1 aliphatic heterocycles. The summed E-state index contributed by atoms with van der Waals surface area (Å²) >= 11 is 6.34. The molecule has 0 aliphatic carbocycles. The highest BCUT2D eigenvalue weighted by molar-refractivity contribution is 6.33. The van der Waals surface area contributed by atoms with Crippen molar-refractivity contribution in [1.82, 2.24) is 4.57 Å². The molecular formula is C20H25ClN2O5. The van der Waals surface area contributed by atoms with Gasteiger partial charge >= 0.3 is 5.97 Å². The monoisotopic (exact) mass is 408 g/mol. The second-order valence-electron chi connectivity index (χ2n) is 6.24. The number of fused-ring (bicyclic) bond motifs is 3. The Morgan fingerprint density at radius 1 is 1.36 bits per heavy atom. The van der Waals surface area contributed by atoms with Gasteiger partial charge in [-0.05, 0) is 6.07 Å². The molecule has 2 N–H and O–H groups in total. The first-order chi connectivity index (χ1) is 13.4. The normalized spacial score (nSPS) is 11.9. The molecule has 8 heteroatoms. The van der Waals surface area contributed by atoms with E-state index in [4.69, 9.17) is 26.2 Å². The molecule has 1 aromatic heterocycles. The second-order valence-corrected chi connectivity index (χ2v) is 6.65. The molecule has 0 saturated carbocycles. The van der Waals surface area contributed by atoms with E-state index in [0.717, 1.165) is 0 Å². The number of halogens is 1. The number of ether oxygens (including phenoxy) is 2. The maximum Gasteiger partial charge on any atom is 0.341 e. The van der Waals surface area contributed by atoms with Crippen LogP contribution in [0, 0.1) is 0 Å². The van der Waals surface area contributed by atoms with E-state index >= 15 is 0 Å². The molecule has 3 rings (SSSR count). The minimum absolute atomic E-state index is 0.267. The van der Waals surface area contributed by atoms with E-state index in [1.54, 1.807) is 23.8 Å². The second kappa shape index (κ2) is 10.1. The maximum absolute atomic E-state index is 12.1. The quantitative estimate of drug-likeness (QED) is 0.732. The number of benzene rings is 1. The van der Waals surface area contributed by atoms with Crippen LogP contribution in [0.25, 0.3) is 11.3 Å². The van der Waals surface area contributed by atoms with Crippen molar-refractivity contribution in [3.05, 3.63) is 45.2 Å². The summed E-state index contributed by atoms with van der Waals surface area (Å²) in [7, 11) is 1.61. The fourth-order valence-electron chi connectivity index (χ4n) is 2.70. The molecule has 0 spiro atoms. The number of methoxy groups -OCH3 is 1. The zero-order valence-corrected chi connectivity index (χ0v) is 17.0. The van der Waals surface area contributed by atoms with Crippen LogP contribution < -0.4 is 15.5 Å². The lowest BCUT2D eigenvalue weighted by Gasteiger charge is -2.14. The molecule has 0 atom stereocenters. The Kier molecular flexibility index (Phi) is 7.90. The Morgan fingerprint density at radius 2 is 2.07 bits per heavy atom. The SMILES string of the molecule is CCC.COCCNc1cc2c(cc1Cl)-c1cc(=O)c(C(=O)O)cn1CCO2. The van der Waals surface area contributed by atoms with Gasteiger partial charge in [-0.1, -0.05) is 31.9 Å². The number of carboxylic acids is 1. The van der Waals surface area contributed by atoms with Crippen LogP contribution in [0.5, 0.6) is 5.75 Å². The van der Waals surface area contributed by atoms with E-state index in [0.29, 0.717) is 54.0 Å². The summed E-state index contributed by atoms with van der Waals surface area (Å²) in [4.78, 5) is 23.3. The van der Waals surface area contributed by atoms with Crippen LogP contribution in [0.3, 0.4) is 0 Å². The van der Waals surface area contributed by atoms with Gasteiger partial charge in [-0.3, -0.25) is 4.79 Å². The minimum Gasteiger partial charge on any atom is -0.491 e. The Balaban J connectivity index is 0.000000878. The molecular weight excluding hydrogens is 384 g/mol. The number of hydrogen-bond acceptors (Lipinski definition) is 5. The third kappa shape index (κ3) is 5.05. The molecule has 152 valence electrons. The van der Waals surface area contributed by atoms with E-state index in [-0.39, 0.29) is 5.56 Å². The fourth-order valence-corrected chi connectivity index (χ4v) is 2.93. The molecule has 0 saturated heterocycles. The first-order valence-electron chi connectivity index (χ1n) is 9.10. The van der Waals surface area contributed by atoms with Gasteiger partial charge in [0, 0.05) is 37.5 Å². The van der Waals surface area contributed by atoms with E-state index in [1.165, 1.54) is 18.7 Å². The van der Waals surface area contributed by atoms with Crippen LogP contribution in [0.4, 0.5) is 5.69 Å². The van der Waals surface area contributed by atoms with Crippen molar-refractivity contribution >= 4 is 23.3 Å². The number of carboxylic acid groups (broad SMARTS) is 1. The number of carbonyl (C=O) groups is 1. The van der Waals surface area contributed by atoms with Crippen LogP contribution in [-0.2, 0) is 11.3 Å². The zero-order chi connectivity index (χ0) is 20.7. The van der Waals surface area contributed by atoms with Gasteiger partial charge in [0.15, 0.2) is 5.43 Å². The third-order valence-electron chi connectivity index (χ3n) is 3.91. The highest BCUT2D eigenvalue weighted by atomic mass is 35.5. The number of nitrogens with one attached hydrogen (secondary N) is 1. The molecule has 1 aromatic carbocycles. The molecule has 2 aromatic rings. The van der Waals surface area contributed by atoms with Crippen molar-refractivity contribution in [2.75, 3.05) is 32.2 Å². The molecule has 0 unspecified atom stereocenters. The summed E-state index contributed by atoms with van der Waals surface area (Å²) < 4.78 is 12.5. The summed E-state index contributed by atoms with van der Waals surface area (Å²) in [6.07, 6.45) is 2.59. The van der Waals surface area contributed by atoms with Crippen LogP contribution in [0.2, 0.25) is 5.02 Å². The van der Waals surface area contributed by atoms with Gasteiger partial charge in [0.2, 0.25) is 0 Å². The summed E-state index contributed by atoms with van der Waals surface area (Å²) in [5.41, 5.74) is 1.11. The molecule has 0 radical (unpaired) electrons. The highest BCUT2D eigenvalue weighted by Crippen LogP contribution is 2.38. The fraction of sp³-hybridized carbons (Fsp3) is 0.400. The lowest BCUT2D eigenvalue weighted by atomic mass is 10.1. The van der Waals surface area contributed by atoms with Crippen LogP contribution in [0.15, 0.2) is 29.2 Å². The smallest absolute Gasteiger partial charge is 0.341 e. The minimum atomic E-state index is -1.25. The van der Waals surface area contributed by atoms with E-state index in [2.05, 4.69) is 19.2 Å². The number of rotatable bonds is 5. The Morgan fingerprint density at radius 3 is 2.71 bits per heavy atom. The summed E-state index contributed by atoms with van der Waals surface area (Å²) in [6, 6.07) is 4.80. The van der Waals surface area contributed by atoms with Gasteiger partial charge in [-0.25, -0.2) is 4.79 Å². The average molecular weight is 409 g/mol. The first kappa shape index (κ1) is 21.8. The van der Waals surface area contributed by atoms with Crippen molar-refractivity contribution in [2.45, 2.75) is 26.8 Å². The van der Waals surface area contributed by atoms with Crippen molar-refractivity contribution < 1.29 is 19.4 Å². The molecule has 0 fully saturated rings. The number of anilines is 1. The highest BCUT2D eigenvalue weighted by Gasteiger charge is 2.20. The third-order valence-corrected chi connectivity index (χ3v) is 4.23. The summed E-state index contributed by atoms with van der Waals surface area (Å²) in [5.74, 6) is -0.667. The number of hydrogen-bond donors (Lipinski definition) is 2. The number of pyridine rings is 1. The van der Waals surface area contributed by atoms with Gasteiger partial charge in [0.05, 0.1) is 29.6 Å². The number of nitrogens with zero attached hydrogens (tertiary/aromatic N) is 1. The molecule has 1 aliphatic rings. The van der Waals surface area contributed by atoms with Crippen molar-refractivity contribution in [3.63, 3.8) is 0 Å². The standard InChI is InChI=1S/C17H17ClN2O5.C3H8/c1-24-4-2-19-13-7-16-10(6-12(13)18)14-8-15(21)11(17(22)23)9-20(14)3-5-25-16;1-3-2/h6-9,19H,2-5H2,1H3,(H,22,23);3H2,1-2H3. The topological polar surface area (TPSA) is 89.8 Å². The van der Waals surface area contributed by atoms with Gasteiger partial charge in [-0.2, -0.15) is 0 Å². The van der Waals surface area contributed by atoms with Crippen molar-refractivity contribution in [3.8, 4) is 17.0 Å². The van der Waals surface area contributed by atoms with Crippen LogP contribution in [0.1, 0.15) is 30.6 Å². The largest absolute Gasteiger partial charge is 0.491 e. The predicted octanol–water partition coefficient (Wildman–Crippen LogP) is 3.73. The maximum atomic E-state index is 12.1. The van der Waals surface area contributed by atoms with Crippen LogP contribution >= 0.6 is 11.6 Å². The molecule has 0 amide bonds. The molecule has 7 nitrogen and oxygen atoms in total. The molecule has 28 heavy (non-hydrogen) atoms. The number of aromatic carboxylic acids is 1. The van der Waals surface area contributed by atoms with Gasteiger partial charge < -0.3 is 24.5 Å². The predicted molar refractivity (Wildman–Crippen MR) is 110 cm³/mol. The van der Waals surface area contributed by atoms with E-state index in [1.807, 2.05) is 0 Å². The van der Waals surface area contributed by atoms with E-state index < -0.39 is 11.4 Å². The summed E-state index contributed by atoms with van der Waals surface area (Å²) in [5, 5.41) is 12.8. The summed E-state index contributed by atoms with van der Waals surface area (Å²) in [6.45, 7) is 6.15. The van der Waals surface area contributed by atoms with E-state index in [9.17, 15) is 9.59 Å². The van der Waals surface area contributed by atoms with Gasteiger partial charge in [-0.15, -0.1) is 0 Å². The lowest BCUT2D eigenvalue weighted by Crippen LogP contribution is -2.19. The van der Waals surface area contributed by atoms with Crippen molar-refractivity contribution in [1.29, 1.82) is 0 Å². The Bertz CT molecular complexity index is 895. The average Bonchev–Trinajstić information content (AvgIpc) is 2.81. The molecule has 0 bridgehead atoms. The Hall–Kier alpha value is -2.51. The number of aromatic nitrogens is 1. The van der Waals surface area contributed by atoms with Gasteiger partial charge in [0.25, 0.3) is 0 Å². The first-order valence-corrected chi connectivity index (χ1v) is 9.48. The lowest BCUT2D eigenvalue weighted by molar-refractivity contribution is 0.0694. The molecule has 2 heterocycles. The van der Waals surface area contributed by atoms with Crippen molar-refractivity contribution in [2.24, 2.45) is 0 Å². The van der Waals surface area contributed by atoms with Gasteiger partial charge in [0.1, 0.15) is 17.9 Å². The zero-order valence-electron chi connectivity index (χ0n) is 16.3. The van der Waals surface area contributed by atoms with Crippen LogP contribution in [-0.4, -0.2) is 42.5 Å². The Labute approximate surface area is 168 Å².